The summed E-state index contributed by atoms with van der Waals surface area (Å²) in [5.74, 6) is -0.936. The number of likely N-dealkylation sites (N-methyl/N-ethyl adjacent to an activating group) is 1. The lowest BCUT2D eigenvalue weighted by Crippen LogP contribution is -2.38. The van der Waals surface area contributed by atoms with Gasteiger partial charge in [-0.15, -0.1) is 0 Å². The van der Waals surface area contributed by atoms with Crippen LogP contribution in [0.4, 0.5) is 10.2 Å². The highest BCUT2D eigenvalue weighted by atomic mass is 19.1. The van der Waals surface area contributed by atoms with E-state index < -0.39 is 17.8 Å². The third-order valence-electron chi connectivity index (χ3n) is 8.25. The highest BCUT2D eigenvalue weighted by Gasteiger charge is 2.37. The molecule has 0 spiro atoms. The van der Waals surface area contributed by atoms with E-state index in [0.29, 0.717) is 24.2 Å². The SMILES string of the molecule is COc1c(F)cc([C@@H](C)CO)cc1C(C(=O)O)N1CC[C@@H](N(C)CCCCCc2ccc3c(n2)NCCC3)C1. The molecule has 8 nitrogen and oxygen atoms in total. The van der Waals surface area contributed by atoms with E-state index in [1.54, 1.807) is 13.0 Å². The van der Waals surface area contributed by atoms with Crippen molar-refractivity contribution in [3.63, 3.8) is 0 Å². The van der Waals surface area contributed by atoms with Crippen LogP contribution < -0.4 is 10.1 Å². The number of aryl methyl sites for hydroxylation is 2. The number of ether oxygens (including phenoxy) is 1. The van der Waals surface area contributed by atoms with Crippen molar-refractivity contribution in [1.29, 1.82) is 0 Å². The topological polar surface area (TPSA) is 98.2 Å². The number of pyridine rings is 1. The maximum absolute atomic E-state index is 14.9. The summed E-state index contributed by atoms with van der Waals surface area (Å²) in [4.78, 5) is 21.5. The number of nitrogens with zero attached hydrogens (tertiary/aromatic N) is 3. The fourth-order valence-corrected chi connectivity index (χ4v) is 5.83. The maximum atomic E-state index is 14.9. The predicted molar refractivity (Wildman–Crippen MR) is 150 cm³/mol. The Bertz CT molecular complexity index is 1130. The molecule has 1 fully saturated rings. The van der Waals surface area contributed by atoms with Gasteiger partial charge in [-0.3, -0.25) is 9.69 Å². The van der Waals surface area contributed by atoms with Crippen LogP contribution in [0, 0.1) is 5.82 Å². The average molecular weight is 543 g/mol. The lowest BCUT2D eigenvalue weighted by molar-refractivity contribution is -0.143. The van der Waals surface area contributed by atoms with Crippen molar-refractivity contribution in [2.75, 3.05) is 52.3 Å². The molecule has 0 aliphatic carbocycles. The number of likely N-dealkylation sites (tertiary alicyclic amines) is 1. The molecule has 0 amide bonds. The van der Waals surface area contributed by atoms with E-state index in [-0.39, 0.29) is 24.3 Å². The van der Waals surface area contributed by atoms with Crippen LogP contribution in [0.15, 0.2) is 24.3 Å². The van der Waals surface area contributed by atoms with Gasteiger partial charge in [-0.05, 0) is 81.4 Å². The fourth-order valence-electron chi connectivity index (χ4n) is 5.83. The summed E-state index contributed by atoms with van der Waals surface area (Å²) in [6, 6.07) is 6.58. The standard InChI is InChI=1S/C30H43FN4O4/c1-20(19-36)22-16-25(28(39-3)26(31)17-22)27(30(37)38)35-15-12-24(18-35)34(2)14-6-4-5-9-23-11-10-21-8-7-13-32-29(21)33-23/h10-11,16-17,20,24,27,36H,4-9,12-15,18-19H2,1-3H3,(H,32,33)(H,37,38)/t20-,24+,27?/m0/s1. The number of rotatable bonds is 13. The van der Waals surface area contributed by atoms with Crippen molar-refractivity contribution in [1.82, 2.24) is 14.8 Å². The lowest BCUT2D eigenvalue weighted by atomic mass is 9.95. The first-order valence-electron chi connectivity index (χ1n) is 14.2. The molecule has 9 heteroatoms. The molecule has 4 rings (SSSR count). The van der Waals surface area contributed by atoms with Crippen LogP contribution in [0.2, 0.25) is 0 Å². The van der Waals surface area contributed by atoms with Gasteiger partial charge in [-0.2, -0.15) is 0 Å². The number of benzene rings is 1. The molecule has 0 saturated carbocycles. The van der Waals surface area contributed by atoms with Crippen LogP contribution >= 0.6 is 0 Å². The van der Waals surface area contributed by atoms with Crippen LogP contribution in [0.3, 0.4) is 0 Å². The molecular formula is C30H43FN4O4. The second-order valence-corrected chi connectivity index (χ2v) is 11.0. The van der Waals surface area contributed by atoms with E-state index in [0.717, 1.165) is 63.1 Å². The first-order chi connectivity index (χ1) is 18.8. The van der Waals surface area contributed by atoms with Crippen molar-refractivity contribution in [3.8, 4) is 5.75 Å². The molecule has 3 N–H and O–H groups in total. The zero-order valence-corrected chi connectivity index (χ0v) is 23.5. The number of unbranched alkanes of at least 4 members (excludes halogenated alkanes) is 2. The molecule has 0 radical (unpaired) electrons. The van der Waals surface area contributed by atoms with Crippen molar-refractivity contribution >= 4 is 11.8 Å². The number of hydrogen-bond donors (Lipinski definition) is 3. The summed E-state index contributed by atoms with van der Waals surface area (Å²) in [5.41, 5.74) is 3.33. The molecule has 1 saturated heterocycles. The normalized spacial score (nSPS) is 19.0. The Balaban J connectivity index is 1.30. The zero-order valence-electron chi connectivity index (χ0n) is 23.5. The number of carboxylic acids is 1. The molecule has 3 heterocycles. The molecule has 3 atom stereocenters. The number of methoxy groups -OCH3 is 1. The predicted octanol–water partition coefficient (Wildman–Crippen LogP) is 4.23. The van der Waals surface area contributed by atoms with Gasteiger partial charge >= 0.3 is 5.97 Å². The Kier molecular flexibility index (Phi) is 10.2. The van der Waals surface area contributed by atoms with Crippen LogP contribution in [0.5, 0.6) is 5.75 Å². The number of carboxylic acid groups (broad SMARTS) is 1. The number of carbonyl (C=O) groups is 1. The van der Waals surface area contributed by atoms with E-state index in [9.17, 15) is 19.4 Å². The van der Waals surface area contributed by atoms with Gasteiger partial charge in [0.1, 0.15) is 11.9 Å². The molecule has 2 aliphatic heterocycles. The molecule has 1 aromatic heterocycles. The summed E-state index contributed by atoms with van der Waals surface area (Å²) in [7, 11) is 3.46. The van der Waals surface area contributed by atoms with Gasteiger partial charge < -0.3 is 25.2 Å². The lowest BCUT2D eigenvalue weighted by Gasteiger charge is -2.29. The van der Waals surface area contributed by atoms with Crippen LogP contribution in [-0.2, 0) is 17.6 Å². The molecule has 2 aromatic rings. The average Bonchev–Trinajstić information content (AvgIpc) is 3.41. The van der Waals surface area contributed by atoms with Gasteiger partial charge in [0.15, 0.2) is 11.6 Å². The fraction of sp³-hybridized carbons (Fsp3) is 0.600. The quantitative estimate of drug-likeness (QED) is 0.324. The number of aromatic nitrogens is 1. The van der Waals surface area contributed by atoms with Gasteiger partial charge in [-0.25, -0.2) is 9.37 Å². The Morgan fingerprint density at radius 3 is 2.87 bits per heavy atom. The summed E-state index contributed by atoms with van der Waals surface area (Å²) in [6.07, 6.45) is 7.36. The Labute approximate surface area is 231 Å². The molecule has 39 heavy (non-hydrogen) atoms. The number of halogens is 1. The summed E-state index contributed by atoms with van der Waals surface area (Å²) < 4.78 is 20.2. The van der Waals surface area contributed by atoms with Gasteiger partial charge in [0, 0.05) is 49.5 Å². The van der Waals surface area contributed by atoms with E-state index in [4.69, 9.17) is 9.72 Å². The van der Waals surface area contributed by atoms with Crippen molar-refractivity contribution in [3.05, 3.63) is 52.5 Å². The first-order valence-corrected chi connectivity index (χ1v) is 14.2. The summed E-state index contributed by atoms with van der Waals surface area (Å²) >= 11 is 0. The highest BCUT2D eigenvalue weighted by Crippen LogP contribution is 2.37. The van der Waals surface area contributed by atoms with Gasteiger partial charge in [-0.1, -0.05) is 19.4 Å². The van der Waals surface area contributed by atoms with Crippen LogP contribution in [-0.4, -0.2) is 84.0 Å². The Morgan fingerprint density at radius 2 is 2.13 bits per heavy atom. The molecule has 1 aromatic carbocycles. The smallest absolute Gasteiger partial charge is 0.325 e. The van der Waals surface area contributed by atoms with Crippen LogP contribution in [0.1, 0.15) is 73.4 Å². The minimum atomic E-state index is -1.03. The second kappa shape index (κ2) is 13.5. The third kappa shape index (κ3) is 7.07. The third-order valence-corrected chi connectivity index (χ3v) is 8.25. The van der Waals surface area contributed by atoms with Crippen molar-refractivity contribution < 1.29 is 24.1 Å². The zero-order chi connectivity index (χ0) is 27.9. The maximum Gasteiger partial charge on any atom is 0.325 e. The number of aliphatic hydroxyl groups excluding tert-OH is 1. The Morgan fingerprint density at radius 1 is 1.31 bits per heavy atom. The van der Waals surface area contributed by atoms with Gasteiger partial charge in [0.05, 0.1) is 7.11 Å². The van der Waals surface area contributed by atoms with Crippen LogP contribution in [0.25, 0.3) is 0 Å². The number of fused-ring (bicyclic) bond motifs is 1. The Hall–Kier alpha value is -2.75. The van der Waals surface area contributed by atoms with E-state index in [1.165, 1.54) is 25.2 Å². The second-order valence-electron chi connectivity index (χ2n) is 11.0. The molecule has 1 unspecified atom stereocenters. The number of anilines is 1. The molecule has 214 valence electrons. The van der Waals surface area contributed by atoms with E-state index >= 15 is 0 Å². The minimum Gasteiger partial charge on any atom is -0.493 e. The molecule has 0 bridgehead atoms. The number of hydrogen-bond acceptors (Lipinski definition) is 7. The van der Waals surface area contributed by atoms with Crippen molar-refractivity contribution in [2.45, 2.75) is 69.9 Å². The van der Waals surface area contributed by atoms with E-state index in [1.807, 2.05) is 4.90 Å². The monoisotopic (exact) mass is 542 g/mol. The molecular weight excluding hydrogens is 499 g/mol. The summed E-state index contributed by atoms with van der Waals surface area (Å²) in [5, 5.41) is 23.1. The number of aliphatic carboxylic acids is 1. The van der Waals surface area contributed by atoms with Gasteiger partial charge in [0.25, 0.3) is 0 Å². The van der Waals surface area contributed by atoms with E-state index in [2.05, 4.69) is 29.4 Å². The largest absolute Gasteiger partial charge is 0.493 e. The molecule has 2 aliphatic rings. The first kappa shape index (κ1) is 29.2. The van der Waals surface area contributed by atoms with Gasteiger partial charge in [0.2, 0.25) is 0 Å². The number of aliphatic hydroxyl groups is 1. The number of nitrogens with one attached hydrogen (secondary N) is 1. The minimum absolute atomic E-state index is 0.0442. The van der Waals surface area contributed by atoms with Crippen molar-refractivity contribution in [2.24, 2.45) is 0 Å². The summed E-state index contributed by atoms with van der Waals surface area (Å²) in [6.45, 7) is 4.76. The highest BCUT2D eigenvalue weighted by molar-refractivity contribution is 5.77.